The molecule has 18 heavy (non-hydrogen) atoms. The molecule has 0 unspecified atom stereocenters. The van der Waals surface area contributed by atoms with E-state index in [2.05, 4.69) is 10.4 Å². The molecule has 0 bridgehead atoms. The van der Waals surface area contributed by atoms with Crippen LogP contribution < -0.4 is 5.32 Å². The lowest BCUT2D eigenvalue weighted by molar-refractivity contribution is 0.00525. The Bertz CT molecular complexity index is 408. The molecule has 0 saturated heterocycles. The van der Waals surface area contributed by atoms with Crippen LogP contribution in [0.25, 0.3) is 0 Å². The molecule has 1 aromatic heterocycles. The summed E-state index contributed by atoms with van der Waals surface area (Å²) in [5.74, 6) is -0.159. The number of amides is 1. The topological polar surface area (TPSA) is 67.2 Å². The van der Waals surface area contributed by atoms with Crippen molar-refractivity contribution in [2.24, 2.45) is 0 Å². The minimum Gasteiger partial charge on any atom is -0.388 e. The van der Waals surface area contributed by atoms with Crippen molar-refractivity contribution >= 4 is 5.91 Å². The maximum absolute atomic E-state index is 11.9. The number of nitrogens with one attached hydrogen (secondary N) is 1. The zero-order valence-corrected chi connectivity index (χ0v) is 10.9. The first-order chi connectivity index (χ1) is 8.63. The van der Waals surface area contributed by atoms with Gasteiger partial charge in [-0.3, -0.25) is 9.48 Å². The van der Waals surface area contributed by atoms with Crippen molar-refractivity contribution < 1.29 is 9.90 Å². The van der Waals surface area contributed by atoms with Gasteiger partial charge in [0.2, 0.25) is 0 Å². The maximum atomic E-state index is 11.9. The molecule has 1 fully saturated rings. The third-order valence-electron chi connectivity index (χ3n) is 3.58. The molecule has 1 saturated carbocycles. The van der Waals surface area contributed by atoms with Crippen LogP contribution in [0.5, 0.6) is 0 Å². The van der Waals surface area contributed by atoms with Gasteiger partial charge in [0.15, 0.2) is 0 Å². The van der Waals surface area contributed by atoms with Crippen molar-refractivity contribution in [2.45, 2.75) is 51.2 Å². The molecule has 1 aromatic rings. The van der Waals surface area contributed by atoms with Crippen LogP contribution in [0.15, 0.2) is 12.4 Å². The highest BCUT2D eigenvalue weighted by molar-refractivity contribution is 5.93. The zero-order valence-electron chi connectivity index (χ0n) is 10.9. The first-order valence-electron chi connectivity index (χ1n) is 6.66. The Morgan fingerprint density at radius 2 is 2.22 bits per heavy atom. The van der Waals surface area contributed by atoms with E-state index in [1.165, 1.54) is 6.42 Å². The highest BCUT2D eigenvalue weighted by atomic mass is 16.3. The summed E-state index contributed by atoms with van der Waals surface area (Å²) in [4.78, 5) is 11.9. The lowest BCUT2D eigenvalue weighted by Crippen LogP contribution is -2.44. The van der Waals surface area contributed by atoms with E-state index in [9.17, 15) is 9.90 Å². The molecule has 0 aromatic carbocycles. The van der Waals surface area contributed by atoms with Gasteiger partial charge in [-0.1, -0.05) is 19.3 Å². The number of aromatic nitrogens is 2. The molecule has 0 radical (unpaired) electrons. The third-order valence-corrected chi connectivity index (χ3v) is 3.58. The van der Waals surface area contributed by atoms with Crippen molar-refractivity contribution in [1.82, 2.24) is 15.1 Å². The Morgan fingerprint density at radius 3 is 2.83 bits per heavy atom. The molecule has 2 N–H and O–H groups in total. The molecule has 100 valence electrons. The van der Waals surface area contributed by atoms with Crippen LogP contribution in [-0.4, -0.2) is 32.9 Å². The number of aliphatic hydroxyl groups is 1. The van der Waals surface area contributed by atoms with Crippen molar-refractivity contribution in [3.8, 4) is 0 Å². The van der Waals surface area contributed by atoms with Gasteiger partial charge in [-0.15, -0.1) is 0 Å². The number of carbonyl (C=O) groups excluding carboxylic acids is 1. The molecule has 0 atom stereocenters. The van der Waals surface area contributed by atoms with E-state index in [0.29, 0.717) is 12.1 Å². The van der Waals surface area contributed by atoms with E-state index in [1.807, 2.05) is 6.92 Å². The second-order valence-electron chi connectivity index (χ2n) is 5.05. The van der Waals surface area contributed by atoms with Crippen LogP contribution >= 0.6 is 0 Å². The van der Waals surface area contributed by atoms with Crippen LogP contribution in [0.1, 0.15) is 49.4 Å². The zero-order chi connectivity index (χ0) is 13.0. The van der Waals surface area contributed by atoms with Crippen LogP contribution in [-0.2, 0) is 6.54 Å². The molecule has 1 aliphatic carbocycles. The van der Waals surface area contributed by atoms with Crippen LogP contribution in [0.4, 0.5) is 0 Å². The summed E-state index contributed by atoms with van der Waals surface area (Å²) >= 11 is 0. The first-order valence-corrected chi connectivity index (χ1v) is 6.66. The molecule has 2 rings (SSSR count). The average Bonchev–Trinajstić information content (AvgIpc) is 2.86. The first kappa shape index (κ1) is 13.1. The fourth-order valence-corrected chi connectivity index (χ4v) is 2.39. The number of nitrogens with zero attached hydrogens (tertiary/aromatic N) is 2. The normalized spacial score (nSPS) is 18.6. The largest absolute Gasteiger partial charge is 0.388 e. The van der Waals surface area contributed by atoms with Crippen molar-refractivity contribution in [2.75, 3.05) is 6.54 Å². The number of hydrogen-bond donors (Lipinski definition) is 2. The van der Waals surface area contributed by atoms with Crippen molar-refractivity contribution in [1.29, 1.82) is 0 Å². The number of hydrogen-bond acceptors (Lipinski definition) is 3. The van der Waals surface area contributed by atoms with Gasteiger partial charge in [0.25, 0.3) is 5.91 Å². The smallest absolute Gasteiger partial charge is 0.254 e. The highest BCUT2D eigenvalue weighted by Gasteiger charge is 2.29. The SMILES string of the molecule is CCn1cc(C(=O)NCC2(O)CCCCC2)cn1. The fraction of sp³-hybridized carbons (Fsp3) is 0.692. The standard InChI is InChI=1S/C13H21N3O2/c1-2-16-9-11(8-15-16)12(17)14-10-13(18)6-4-3-5-7-13/h8-9,18H,2-7,10H2,1H3,(H,14,17). The quantitative estimate of drug-likeness (QED) is 0.848. The predicted octanol–water partition coefficient (Wildman–Crippen LogP) is 1.33. The molecular formula is C13H21N3O2. The minimum atomic E-state index is -0.714. The minimum absolute atomic E-state index is 0.159. The second kappa shape index (κ2) is 5.52. The molecule has 0 spiro atoms. The average molecular weight is 251 g/mol. The van der Waals surface area contributed by atoms with Gasteiger partial charge in [0.1, 0.15) is 0 Å². The predicted molar refractivity (Wildman–Crippen MR) is 68.3 cm³/mol. The summed E-state index contributed by atoms with van der Waals surface area (Å²) in [6.07, 6.45) is 8.10. The molecule has 5 heteroatoms. The van der Waals surface area contributed by atoms with E-state index >= 15 is 0 Å². The van der Waals surface area contributed by atoms with Crippen molar-refractivity contribution in [3.05, 3.63) is 18.0 Å². The maximum Gasteiger partial charge on any atom is 0.254 e. The van der Waals surface area contributed by atoms with Crippen LogP contribution in [0, 0.1) is 0 Å². The Kier molecular flexibility index (Phi) is 4.01. The Hall–Kier alpha value is -1.36. The van der Waals surface area contributed by atoms with Gasteiger partial charge in [-0.05, 0) is 19.8 Å². The molecule has 5 nitrogen and oxygen atoms in total. The molecule has 0 aliphatic heterocycles. The lowest BCUT2D eigenvalue weighted by atomic mass is 9.85. The van der Waals surface area contributed by atoms with Crippen LogP contribution in [0.2, 0.25) is 0 Å². The van der Waals surface area contributed by atoms with E-state index in [-0.39, 0.29) is 5.91 Å². The van der Waals surface area contributed by atoms with E-state index in [1.54, 1.807) is 17.1 Å². The summed E-state index contributed by atoms with van der Waals surface area (Å²) in [7, 11) is 0. The van der Waals surface area contributed by atoms with Gasteiger partial charge in [-0.2, -0.15) is 5.10 Å². The Labute approximate surface area is 107 Å². The summed E-state index contributed by atoms with van der Waals surface area (Å²) in [5, 5.41) is 17.1. The lowest BCUT2D eigenvalue weighted by Gasteiger charge is -2.32. The molecule has 1 heterocycles. The van der Waals surface area contributed by atoms with E-state index in [0.717, 1.165) is 32.2 Å². The van der Waals surface area contributed by atoms with Gasteiger partial charge >= 0.3 is 0 Å². The Balaban J connectivity index is 1.87. The fourth-order valence-electron chi connectivity index (χ4n) is 2.39. The monoisotopic (exact) mass is 251 g/mol. The third kappa shape index (κ3) is 3.10. The van der Waals surface area contributed by atoms with E-state index < -0.39 is 5.60 Å². The Morgan fingerprint density at radius 1 is 1.50 bits per heavy atom. The van der Waals surface area contributed by atoms with E-state index in [4.69, 9.17) is 0 Å². The molecular weight excluding hydrogens is 230 g/mol. The summed E-state index contributed by atoms with van der Waals surface area (Å²) in [6.45, 7) is 3.06. The van der Waals surface area contributed by atoms with Gasteiger partial charge in [0.05, 0.1) is 17.4 Å². The van der Waals surface area contributed by atoms with Crippen molar-refractivity contribution in [3.63, 3.8) is 0 Å². The number of aryl methyl sites for hydroxylation is 1. The number of carbonyl (C=O) groups is 1. The van der Waals surface area contributed by atoms with Crippen LogP contribution in [0.3, 0.4) is 0 Å². The summed E-state index contributed by atoms with van der Waals surface area (Å²) < 4.78 is 1.71. The second-order valence-corrected chi connectivity index (χ2v) is 5.05. The molecule has 1 amide bonds. The number of rotatable bonds is 4. The summed E-state index contributed by atoms with van der Waals surface area (Å²) in [6, 6.07) is 0. The van der Waals surface area contributed by atoms with Gasteiger partial charge < -0.3 is 10.4 Å². The molecule has 1 aliphatic rings. The van der Waals surface area contributed by atoms with Gasteiger partial charge in [0, 0.05) is 19.3 Å². The summed E-state index contributed by atoms with van der Waals surface area (Å²) in [5.41, 5.74) is -0.162. The highest BCUT2D eigenvalue weighted by Crippen LogP contribution is 2.27. The van der Waals surface area contributed by atoms with Gasteiger partial charge in [-0.25, -0.2) is 0 Å².